The number of unbranched alkanes of at least 4 members (excludes halogenated alkanes) is 37. The fourth-order valence-corrected chi connectivity index (χ4v) is 8.64. The highest BCUT2D eigenvalue weighted by Crippen LogP contribution is 2.43. The van der Waals surface area contributed by atoms with Crippen LogP contribution >= 0.6 is 7.82 Å². The van der Waals surface area contributed by atoms with Crippen molar-refractivity contribution < 1.29 is 37.6 Å². The normalized spacial score (nSPS) is 13.1. The van der Waals surface area contributed by atoms with Crippen molar-refractivity contribution in [3.63, 3.8) is 0 Å². The van der Waals surface area contributed by atoms with Crippen LogP contribution in [0.25, 0.3) is 0 Å². The largest absolute Gasteiger partial charge is 0.472 e. The topological polar surface area (TPSA) is 134 Å². The molecule has 358 valence electrons. The molecule has 0 saturated heterocycles. The number of nitrogens with two attached hydrogens (primary N) is 1. The zero-order chi connectivity index (χ0) is 43.9. The van der Waals surface area contributed by atoms with E-state index in [1.807, 2.05) is 0 Å². The first-order valence-corrected chi connectivity index (χ1v) is 27.5. The van der Waals surface area contributed by atoms with Crippen LogP contribution in [0.5, 0.6) is 0 Å². The van der Waals surface area contributed by atoms with E-state index in [9.17, 15) is 19.0 Å². The van der Waals surface area contributed by atoms with Crippen LogP contribution in [0.15, 0.2) is 0 Å². The van der Waals surface area contributed by atoms with Crippen molar-refractivity contribution in [2.24, 2.45) is 5.73 Å². The molecule has 60 heavy (non-hydrogen) atoms. The van der Waals surface area contributed by atoms with Crippen molar-refractivity contribution in [2.45, 2.75) is 283 Å². The lowest BCUT2D eigenvalue weighted by molar-refractivity contribution is -0.161. The molecule has 9 nitrogen and oxygen atoms in total. The first-order valence-electron chi connectivity index (χ1n) is 26.0. The zero-order valence-corrected chi connectivity index (χ0v) is 40.6. The molecule has 0 fully saturated rings. The summed E-state index contributed by atoms with van der Waals surface area (Å²) in [5, 5.41) is 0. The van der Waals surface area contributed by atoms with Gasteiger partial charge < -0.3 is 20.1 Å². The molecule has 0 rings (SSSR count). The average molecular weight is 874 g/mol. The molecule has 0 bridgehead atoms. The van der Waals surface area contributed by atoms with Crippen LogP contribution < -0.4 is 5.73 Å². The number of hydrogen-bond acceptors (Lipinski definition) is 8. The van der Waals surface area contributed by atoms with Crippen molar-refractivity contribution in [1.82, 2.24) is 0 Å². The Morgan fingerprint density at radius 3 is 1.02 bits per heavy atom. The molecule has 0 spiro atoms. The Morgan fingerprint density at radius 1 is 0.433 bits per heavy atom. The van der Waals surface area contributed by atoms with E-state index in [1.165, 1.54) is 212 Å². The highest BCUT2D eigenvalue weighted by Gasteiger charge is 2.26. The van der Waals surface area contributed by atoms with Gasteiger partial charge in [0.25, 0.3) is 0 Å². The first kappa shape index (κ1) is 59.0. The third kappa shape index (κ3) is 46.5. The van der Waals surface area contributed by atoms with E-state index in [1.54, 1.807) is 0 Å². The molecule has 0 amide bonds. The molecule has 2 unspecified atom stereocenters. The van der Waals surface area contributed by atoms with Gasteiger partial charge in [0.15, 0.2) is 6.10 Å². The molecule has 2 atom stereocenters. The van der Waals surface area contributed by atoms with Gasteiger partial charge in [-0.15, -0.1) is 0 Å². The van der Waals surface area contributed by atoms with Gasteiger partial charge in [-0.2, -0.15) is 0 Å². The van der Waals surface area contributed by atoms with Crippen molar-refractivity contribution in [1.29, 1.82) is 0 Å². The maximum Gasteiger partial charge on any atom is 0.472 e. The maximum atomic E-state index is 12.6. The van der Waals surface area contributed by atoms with E-state index in [4.69, 9.17) is 24.3 Å². The Bertz CT molecular complexity index is 953. The first-order chi connectivity index (χ1) is 29.3. The predicted octanol–water partition coefficient (Wildman–Crippen LogP) is 15.6. The predicted molar refractivity (Wildman–Crippen MR) is 252 cm³/mol. The second kappa shape index (κ2) is 47.5. The van der Waals surface area contributed by atoms with Gasteiger partial charge in [-0.25, -0.2) is 4.57 Å². The average Bonchev–Trinajstić information content (AvgIpc) is 3.24. The molecule has 0 heterocycles. The van der Waals surface area contributed by atoms with Crippen molar-refractivity contribution >= 4 is 19.8 Å². The smallest absolute Gasteiger partial charge is 0.462 e. The van der Waals surface area contributed by atoms with E-state index in [0.717, 1.165) is 32.1 Å². The highest BCUT2D eigenvalue weighted by atomic mass is 31.2. The van der Waals surface area contributed by atoms with Crippen LogP contribution in [0.2, 0.25) is 0 Å². The van der Waals surface area contributed by atoms with Gasteiger partial charge in [-0.3, -0.25) is 18.6 Å². The number of phosphoric acid groups is 1. The Morgan fingerprint density at radius 2 is 0.717 bits per heavy atom. The molecular formula is C50H100NO8P. The SMILES string of the molecule is CCCCCCCCCCCCCCCCCCCCCCCCCCCCCCCCCCC(=O)OC(COC(=O)CCCCCCCCC)COP(=O)(O)OCCN. The molecule has 0 aromatic carbocycles. The van der Waals surface area contributed by atoms with Crippen LogP contribution in [0, 0.1) is 0 Å². The summed E-state index contributed by atoms with van der Waals surface area (Å²) in [6.07, 6.45) is 50.6. The molecule has 3 N–H and O–H groups in total. The monoisotopic (exact) mass is 874 g/mol. The van der Waals surface area contributed by atoms with Crippen LogP contribution in [-0.4, -0.2) is 49.3 Å². The Labute approximate surface area is 371 Å². The van der Waals surface area contributed by atoms with Crippen LogP contribution in [0.4, 0.5) is 0 Å². The molecule has 10 heteroatoms. The molecule has 0 aromatic heterocycles. The van der Waals surface area contributed by atoms with Gasteiger partial charge in [0.2, 0.25) is 0 Å². The fourth-order valence-electron chi connectivity index (χ4n) is 7.87. The molecule has 0 aliphatic carbocycles. The van der Waals surface area contributed by atoms with Crippen molar-refractivity contribution in [2.75, 3.05) is 26.4 Å². The quantitative estimate of drug-likeness (QED) is 0.0348. The number of phosphoric ester groups is 1. The number of esters is 2. The van der Waals surface area contributed by atoms with Gasteiger partial charge in [-0.05, 0) is 12.8 Å². The lowest BCUT2D eigenvalue weighted by Crippen LogP contribution is -2.29. The second-order valence-corrected chi connectivity index (χ2v) is 19.2. The Hall–Kier alpha value is -0.990. The summed E-state index contributed by atoms with van der Waals surface area (Å²) in [4.78, 5) is 34.7. The van der Waals surface area contributed by atoms with Crippen LogP contribution in [-0.2, 0) is 32.7 Å². The minimum atomic E-state index is -4.36. The summed E-state index contributed by atoms with van der Waals surface area (Å²) >= 11 is 0. The second-order valence-electron chi connectivity index (χ2n) is 17.8. The minimum absolute atomic E-state index is 0.0578. The minimum Gasteiger partial charge on any atom is -0.462 e. The van der Waals surface area contributed by atoms with Crippen LogP contribution in [0.1, 0.15) is 277 Å². The third-order valence-corrected chi connectivity index (χ3v) is 12.7. The molecule has 0 radical (unpaired) electrons. The fraction of sp³-hybridized carbons (Fsp3) is 0.960. The highest BCUT2D eigenvalue weighted by molar-refractivity contribution is 7.47. The molecule has 0 aromatic rings. The number of rotatable bonds is 50. The van der Waals surface area contributed by atoms with E-state index >= 15 is 0 Å². The number of carbonyl (C=O) groups excluding carboxylic acids is 2. The van der Waals surface area contributed by atoms with Gasteiger partial charge in [-0.1, -0.05) is 251 Å². The van der Waals surface area contributed by atoms with Crippen molar-refractivity contribution in [3.05, 3.63) is 0 Å². The van der Waals surface area contributed by atoms with E-state index in [0.29, 0.717) is 6.42 Å². The molecule has 0 aliphatic rings. The van der Waals surface area contributed by atoms with E-state index in [2.05, 4.69) is 13.8 Å². The molecular weight excluding hydrogens is 774 g/mol. The van der Waals surface area contributed by atoms with Gasteiger partial charge in [0.1, 0.15) is 6.61 Å². The van der Waals surface area contributed by atoms with Gasteiger partial charge >= 0.3 is 19.8 Å². The third-order valence-electron chi connectivity index (χ3n) is 11.7. The standard InChI is InChI=1S/C50H100NO8P/c1-3-5-7-9-11-12-13-14-15-16-17-18-19-20-21-22-23-24-25-26-27-28-29-30-31-32-33-34-35-37-39-41-43-50(53)59-48(47-58-60(54,55)57-45-44-51)46-56-49(52)42-40-38-36-10-8-6-4-2/h48H,3-47,51H2,1-2H3,(H,54,55). The Balaban J connectivity index is 3.71. The summed E-state index contributed by atoms with van der Waals surface area (Å²) in [5.41, 5.74) is 5.34. The number of hydrogen-bond donors (Lipinski definition) is 2. The Kier molecular flexibility index (Phi) is 46.7. The molecule has 0 aliphatic heterocycles. The van der Waals surface area contributed by atoms with Crippen LogP contribution in [0.3, 0.4) is 0 Å². The summed E-state index contributed by atoms with van der Waals surface area (Å²) in [7, 11) is -4.36. The summed E-state index contributed by atoms with van der Waals surface area (Å²) in [5.74, 6) is -0.819. The zero-order valence-electron chi connectivity index (χ0n) is 39.7. The van der Waals surface area contributed by atoms with Crippen molar-refractivity contribution in [3.8, 4) is 0 Å². The summed E-state index contributed by atoms with van der Waals surface area (Å²) in [6.45, 7) is 3.73. The maximum absolute atomic E-state index is 12.6. The van der Waals surface area contributed by atoms with Gasteiger partial charge in [0.05, 0.1) is 13.2 Å². The lowest BCUT2D eigenvalue weighted by Gasteiger charge is -2.19. The number of carbonyl (C=O) groups is 2. The van der Waals surface area contributed by atoms with E-state index < -0.39 is 26.5 Å². The van der Waals surface area contributed by atoms with E-state index in [-0.39, 0.29) is 38.6 Å². The summed E-state index contributed by atoms with van der Waals surface area (Å²) < 4.78 is 32.7. The van der Waals surface area contributed by atoms with Gasteiger partial charge in [0, 0.05) is 19.4 Å². The lowest BCUT2D eigenvalue weighted by atomic mass is 10.0. The summed E-state index contributed by atoms with van der Waals surface area (Å²) in [6, 6.07) is 0. The molecule has 0 saturated carbocycles. The number of ether oxygens (including phenoxy) is 2.